The maximum absolute atomic E-state index is 6.14. The van der Waals surface area contributed by atoms with Crippen molar-refractivity contribution in [2.24, 2.45) is 12.8 Å². The van der Waals surface area contributed by atoms with E-state index in [1.165, 1.54) is 10.4 Å². The van der Waals surface area contributed by atoms with Crippen LogP contribution in [0, 0.1) is 0 Å². The summed E-state index contributed by atoms with van der Waals surface area (Å²) in [6.45, 7) is 0. The van der Waals surface area contributed by atoms with E-state index >= 15 is 0 Å². The number of hydrogen-bond acceptors (Lipinski definition) is 7. The minimum atomic E-state index is 0. The molecule has 2 aromatic carbocycles. The first-order valence-electron chi connectivity index (χ1n) is 11.7. The predicted molar refractivity (Wildman–Crippen MR) is 160 cm³/mol. The van der Waals surface area contributed by atoms with Crippen LogP contribution in [-0.4, -0.2) is 58.2 Å². The van der Waals surface area contributed by atoms with Crippen LogP contribution in [0.25, 0.3) is 33.3 Å². The molecule has 3 aromatic heterocycles. The Labute approximate surface area is 240 Å². The van der Waals surface area contributed by atoms with Crippen molar-refractivity contribution < 1.29 is 11.0 Å². The Hall–Kier alpha value is -2.97. The first-order chi connectivity index (χ1) is 16.6. The zero-order valence-electron chi connectivity index (χ0n) is 20.9. The quantitative estimate of drug-likeness (QED) is 0.261. The number of nitrogens with zero attached hydrogens (tertiary/aromatic N) is 6. The number of anilines is 1. The lowest BCUT2D eigenvalue weighted by molar-refractivity contribution is 0.410. The van der Waals surface area contributed by atoms with Crippen molar-refractivity contribution >= 4 is 61.7 Å². The van der Waals surface area contributed by atoms with Gasteiger partial charge in [-0.3, -0.25) is 0 Å². The van der Waals surface area contributed by atoms with Crippen LogP contribution in [0.3, 0.4) is 0 Å². The fourth-order valence-electron chi connectivity index (χ4n) is 4.80. The number of benzene rings is 2. The van der Waals surface area contributed by atoms with Gasteiger partial charge in [0.25, 0.3) is 0 Å². The van der Waals surface area contributed by atoms with Gasteiger partial charge >= 0.3 is 0 Å². The van der Waals surface area contributed by atoms with E-state index in [0.29, 0.717) is 24.3 Å². The first-order valence-corrected chi connectivity index (χ1v) is 11.7. The van der Waals surface area contributed by atoms with Gasteiger partial charge < -0.3 is 27.0 Å². The lowest BCUT2D eigenvalue weighted by Gasteiger charge is -2.27. The summed E-state index contributed by atoms with van der Waals surface area (Å²) in [6, 6.07) is 17.1. The van der Waals surface area contributed by atoms with E-state index in [1.807, 2.05) is 30.3 Å². The molecule has 38 heavy (non-hydrogen) atoms. The Bertz CT molecular complexity index is 1470. The van der Waals surface area contributed by atoms with Crippen molar-refractivity contribution in [2.75, 3.05) is 5.32 Å². The van der Waals surface area contributed by atoms with Crippen molar-refractivity contribution in [3.63, 3.8) is 0 Å². The molecular formula is C25H33Br2N9O2. The average molecular weight is 651 g/mol. The molecule has 0 spiro atoms. The van der Waals surface area contributed by atoms with Crippen LogP contribution in [0.2, 0.25) is 0 Å². The highest BCUT2D eigenvalue weighted by molar-refractivity contribution is 8.93. The van der Waals surface area contributed by atoms with E-state index in [1.54, 1.807) is 7.05 Å². The number of fused-ring (bicyclic) bond motifs is 3. The standard InChI is InChI=1S/C25H27N9.2BrH.2H2O/c1-34-32-23(31-33-34)16-7-12-19-20(14-16)28-25-22(19)24(27-18-10-8-17(26)9-11-18)29-21(30-25)13-15-5-3-2-4-6-15;;;;/h2-7,12,14,17-18H,8-11,13,26H2,1H3,(H2,27,28,29,30);2*1H;2*1H2. The third-order valence-electron chi connectivity index (χ3n) is 6.58. The minimum Gasteiger partial charge on any atom is -0.412 e. The molecule has 1 aliphatic carbocycles. The highest BCUT2D eigenvalue weighted by Crippen LogP contribution is 2.33. The van der Waals surface area contributed by atoms with Crippen molar-refractivity contribution in [3.8, 4) is 11.4 Å². The zero-order valence-corrected chi connectivity index (χ0v) is 24.3. The van der Waals surface area contributed by atoms with Crippen LogP contribution < -0.4 is 11.1 Å². The molecule has 6 rings (SSSR count). The van der Waals surface area contributed by atoms with Crippen LogP contribution in [0.5, 0.6) is 0 Å². The molecule has 13 heteroatoms. The second kappa shape index (κ2) is 13.2. The summed E-state index contributed by atoms with van der Waals surface area (Å²) in [4.78, 5) is 14.9. The summed E-state index contributed by atoms with van der Waals surface area (Å²) in [6.07, 6.45) is 4.83. The number of hydrogen-bond donors (Lipinski definition) is 3. The Balaban J connectivity index is 0.00000127. The molecule has 204 valence electrons. The number of rotatable bonds is 5. The molecule has 1 aliphatic rings. The molecule has 0 saturated heterocycles. The lowest BCUT2D eigenvalue weighted by atomic mass is 9.92. The summed E-state index contributed by atoms with van der Waals surface area (Å²) in [5, 5.41) is 18.3. The Kier molecular flexibility index (Phi) is 10.9. The van der Waals surface area contributed by atoms with Crippen molar-refractivity contribution in [2.45, 2.75) is 44.2 Å². The fraction of sp³-hybridized carbons (Fsp3) is 0.320. The normalized spacial score (nSPS) is 16.6. The summed E-state index contributed by atoms with van der Waals surface area (Å²) in [5.74, 6) is 2.26. The molecule has 3 heterocycles. The van der Waals surface area contributed by atoms with E-state index in [0.717, 1.165) is 64.8 Å². The summed E-state index contributed by atoms with van der Waals surface area (Å²) < 4.78 is 0. The smallest absolute Gasteiger partial charge is 0.204 e. The molecule has 0 aliphatic heterocycles. The highest BCUT2D eigenvalue weighted by atomic mass is 79.9. The van der Waals surface area contributed by atoms with Crippen LogP contribution >= 0.6 is 34.0 Å². The monoisotopic (exact) mass is 649 g/mol. The molecule has 0 amide bonds. The number of nitrogens with one attached hydrogen (secondary N) is 2. The fourth-order valence-corrected chi connectivity index (χ4v) is 4.80. The molecule has 5 aromatic rings. The highest BCUT2D eigenvalue weighted by Gasteiger charge is 2.22. The van der Waals surface area contributed by atoms with Gasteiger partial charge in [0.15, 0.2) is 0 Å². The number of aromatic nitrogens is 7. The molecule has 0 bridgehead atoms. The molecule has 1 saturated carbocycles. The van der Waals surface area contributed by atoms with Crippen LogP contribution in [-0.2, 0) is 13.5 Å². The number of halogens is 2. The van der Waals surface area contributed by atoms with Crippen LogP contribution in [0.15, 0.2) is 48.5 Å². The maximum Gasteiger partial charge on any atom is 0.204 e. The maximum atomic E-state index is 6.14. The topological polar surface area (TPSA) is 186 Å². The first kappa shape index (κ1) is 31.2. The number of aromatic amines is 1. The van der Waals surface area contributed by atoms with Gasteiger partial charge in [0, 0.05) is 35.0 Å². The molecule has 0 radical (unpaired) electrons. The lowest BCUT2D eigenvalue weighted by Crippen LogP contribution is -2.33. The number of nitrogens with two attached hydrogens (primary N) is 1. The van der Waals surface area contributed by atoms with Gasteiger partial charge in [-0.15, -0.1) is 44.2 Å². The van der Waals surface area contributed by atoms with Gasteiger partial charge in [-0.2, -0.15) is 4.80 Å². The minimum absolute atomic E-state index is 0. The third-order valence-corrected chi connectivity index (χ3v) is 6.58. The molecule has 8 N–H and O–H groups in total. The predicted octanol–water partition coefficient (Wildman–Crippen LogP) is 3.08. The van der Waals surface area contributed by atoms with Gasteiger partial charge in [0.05, 0.1) is 12.4 Å². The Morgan fingerprint density at radius 2 is 1.74 bits per heavy atom. The van der Waals surface area contributed by atoms with Gasteiger partial charge in [-0.05, 0) is 42.5 Å². The summed E-state index contributed by atoms with van der Waals surface area (Å²) in [5.41, 5.74) is 10.0. The van der Waals surface area contributed by atoms with Gasteiger partial charge in [-0.1, -0.05) is 42.5 Å². The van der Waals surface area contributed by atoms with Crippen molar-refractivity contribution in [3.05, 3.63) is 59.9 Å². The van der Waals surface area contributed by atoms with Crippen LogP contribution in [0.1, 0.15) is 37.1 Å². The summed E-state index contributed by atoms with van der Waals surface area (Å²) >= 11 is 0. The second-order valence-electron chi connectivity index (χ2n) is 9.12. The Morgan fingerprint density at radius 1 is 1.00 bits per heavy atom. The van der Waals surface area contributed by atoms with Gasteiger partial charge in [0.1, 0.15) is 17.3 Å². The van der Waals surface area contributed by atoms with Gasteiger partial charge in [-0.25, -0.2) is 9.97 Å². The largest absolute Gasteiger partial charge is 0.412 e. The van der Waals surface area contributed by atoms with E-state index in [2.05, 4.69) is 43.9 Å². The molecule has 0 unspecified atom stereocenters. The average Bonchev–Trinajstić information content (AvgIpc) is 3.44. The molecule has 11 nitrogen and oxygen atoms in total. The van der Waals surface area contributed by atoms with Crippen molar-refractivity contribution in [1.82, 2.24) is 35.2 Å². The molecule has 0 atom stereocenters. The molecular weight excluding hydrogens is 618 g/mol. The van der Waals surface area contributed by atoms with E-state index in [-0.39, 0.29) is 44.9 Å². The van der Waals surface area contributed by atoms with E-state index < -0.39 is 0 Å². The third kappa shape index (κ3) is 6.35. The SMILES string of the molecule is Br.Br.Cn1nnc(-c2ccc3c(c2)[nH]c2nc(Cc4ccccc4)nc(NC4CCC(N)CC4)c23)n1.O.O. The van der Waals surface area contributed by atoms with Gasteiger partial charge in [0.2, 0.25) is 5.82 Å². The Morgan fingerprint density at radius 3 is 2.42 bits per heavy atom. The number of tetrazole rings is 1. The number of aryl methyl sites for hydroxylation is 1. The van der Waals surface area contributed by atoms with Crippen LogP contribution in [0.4, 0.5) is 5.82 Å². The second-order valence-corrected chi connectivity index (χ2v) is 9.12. The van der Waals surface area contributed by atoms with E-state index in [4.69, 9.17) is 15.7 Å². The van der Waals surface area contributed by atoms with Crippen molar-refractivity contribution in [1.29, 1.82) is 0 Å². The summed E-state index contributed by atoms with van der Waals surface area (Å²) in [7, 11) is 1.76. The molecule has 1 fully saturated rings. The van der Waals surface area contributed by atoms with E-state index in [9.17, 15) is 0 Å². The number of H-pyrrole nitrogens is 1. The zero-order chi connectivity index (χ0) is 23.1.